The van der Waals surface area contributed by atoms with Crippen LogP contribution >= 0.6 is 11.3 Å². The molecule has 0 aliphatic heterocycles. The van der Waals surface area contributed by atoms with Gasteiger partial charge < -0.3 is 15.8 Å². The van der Waals surface area contributed by atoms with E-state index in [9.17, 15) is 14.4 Å². The number of aromatic nitrogens is 2. The van der Waals surface area contributed by atoms with Gasteiger partial charge in [0.1, 0.15) is 10.7 Å². The van der Waals surface area contributed by atoms with Crippen molar-refractivity contribution in [1.29, 1.82) is 0 Å². The third kappa shape index (κ3) is 4.19. The van der Waals surface area contributed by atoms with E-state index in [0.717, 1.165) is 22.5 Å². The Kier molecular flexibility index (Phi) is 5.79. The van der Waals surface area contributed by atoms with Crippen molar-refractivity contribution in [2.75, 3.05) is 11.9 Å². The summed E-state index contributed by atoms with van der Waals surface area (Å²) in [5, 5.41) is 9.72. The van der Waals surface area contributed by atoms with E-state index >= 15 is 0 Å². The Bertz CT molecular complexity index is 1080. The molecule has 0 atom stereocenters. The Hall–Kier alpha value is -3.46. The number of hydrogen-bond donors (Lipinski definition) is 3. The highest BCUT2D eigenvalue weighted by Crippen LogP contribution is 2.34. The lowest BCUT2D eigenvalue weighted by Gasteiger charge is -2.06. The van der Waals surface area contributed by atoms with E-state index in [1.165, 1.54) is 0 Å². The minimum absolute atomic E-state index is 0.122. The minimum atomic E-state index is -0.679. The summed E-state index contributed by atoms with van der Waals surface area (Å²) < 4.78 is 5.05. The summed E-state index contributed by atoms with van der Waals surface area (Å²) >= 11 is 0.935. The molecule has 3 aromatic rings. The first-order valence-electron chi connectivity index (χ1n) is 8.86. The molecule has 150 valence electrons. The van der Waals surface area contributed by atoms with Crippen molar-refractivity contribution < 1.29 is 19.1 Å². The van der Waals surface area contributed by atoms with Crippen LogP contribution in [0.3, 0.4) is 0 Å². The molecular formula is C20H20N4O4S. The van der Waals surface area contributed by atoms with Crippen molar-refractivity contribution in [3.63, 3.8) is 0 Å². The predicted molar refractivity (Wildman–Crippen MR) is 110 cm³/mol. The van der Waals surface area contributed by atoms with Gasteiger partial charge in [0.2, 0.25) is 0 Å². The third-order valence-electron chi connectivity index (χ3n) is 4.25. The van der Waals surface area contributed by atoms with Crippen molar-refractivity contribution in [2.45, 2.75) is 20.8 Å². The molecule has 1 aromatic carbocycles. The molecule has 0 spiro atoms. The second-order valence-corrected chi connectivity index (χ2v) is 7.35. The number of aromatic amines is 1. The van der Waals surface area contributed by atoms with Crippen LogP contribution in [0.5, 0.6) is 0 Å². The van der Waals surface area contributed by atoms with Crippen LogP contribution in [-0.4, -0.2) is 34.6 Å². The number of hydrogen-bond acceptors (Lipinski definition) is 6. The number of H-pyrrole nitrogens is 1. The lowest BCUT2D eigenvalue weighted by Crippen LogP contribution is -2.15. The fourth-order valence-corrected chi connectivity index (χ4v) is 3.81. The zero-order chi connectivity index (χ0) is 21.1. The molecule has 0 saturated carbocycles. The van der Waals surface area contributed by atoms with Gasteiger partial charge in [-0.3, -0.25) is 14.7 Å². The lowest BCUT2D eigenvalue weighted by molar-refractivity contribution is 0.0527. The Morgan fingerprint density at radius 3 is 2.52 bits per heavy atom. The van der Waals surface area contributed by atoms with Crippen LogP contribution in [-0.2, 0) is 4.74 Å². The number of carbonyl (C=O) groups excluding carboxylic acids is 3. The number of nitrogens with one attached hydrogen (secondary N) is 2. The largest absolute Gasteiger partial charge is 0.462 e. The van der Waals surface area contributed by atoms with Crippen LogP contribution in [0.2, 0.25) is 0 Å². The van der Waals surface area contributed by atoms with Gasteiger partial charge in [-0.2, -0.15) is 5.10 Å². The van der Waals surface area contributed by atoms with Gasteiger partial charge in [0.05, 0.1) is 22.7 Å². The normalized spacial score (nSPS) is 10.6. The Balaban J connectivity index is 1.89. The molecule has 0 fully saturated rings. The van der Waals surface area contributed by atoms with Crippen molar-refractivity contribution in [1.82, 2.24) is 10.2 Å². The molecule has 2 heterocycles. The second kappa shape index (κ2) is 8.27. The molecule has 0 aliphatic carbocycles. The van der Waals surface area contributed by atoms with Crippen LogP contribution in [0.25, 0.3) is 11.3 Å². The Morgan fingerprint density at radius 2 is 1.90 bits per heavy atom. The summed E-state index contributed by atoms with van der Waals surface area (Å²) in [4.78, 5) is 36.9. The fourth-order valence-electron chi connectivity index (χ4n) is 2.77. The summed E-state index contributed by atoms with van der Waals surface area (Å²) in [5.74, 6) is -1.81. The van der Waals surface area contributed by atoms with Crippen LogP contribution in [0.4, 0.5) is 5.00 Å². The van der Waals surface area contributed by atoms with Crippen LogP contribution < -0.4 is 11.1 Å². The van der Waals surface area contributed by atoms with Gasteiger partial charge in [-0.15, -0.1) is 11.3 Å². The SMILES string of the molecule is CCOC(=O)c1c(NC(=O)c2cc(-c3ccc(C)cc3)n[nH]2)sc(C(N)=O)c1C. The number of carbonyl (C=O) groups is 3. The first-order valence-corrected chi connectivity index (χ1v) is 9.67. The Labute approximate surface area is 171 Å². The fraction of sp³-hybridized carbons (Fsp3) is 0.200. The summed E-state index contributed by atoms with van der Waals surface area (Å²) in [6.45, 7) is 5.40. The highest BCUT2D eigenvalue weighted by Gasteiger charge is 2.26. The van der Waals surface area contributed by atoms with Gasteiger partial charge in [-0.05, 0) is 32.4 Å². The number of nitrogens with two attached hydrogens (primary N) is 1. The smallest absolute Gasteiger partial charge is 0.341 e. The number of nitrogens with zero attached hydrogens (tertiary/aromatic N) is 1. The predicted octanol–water partition coefficient (Wildman–Crippen LogP) is 3.28. The summed E-state index contributed by atoms with van der Waals surface area (Å²) in [6.07, 6.45) is 0. The Morgan fingerprint density at radius 1 is 1.21 bits per heavy atom. The standard InChI is InChI=1S/C20H20N4O4S/c1-4-28-20(27)15-11(3)16(17(21)25)29-19(15)22-18(26)14-9-13(23-24-14)12-7-5-10(2)6-8-12/h5-9H,4H2,1-3H3,(H2,21,25)(H,22,26)(H,23,24). The molecule has 0 aliphatic rings. The number of amides is 2. The zero-order valence-electron chi connectivity index (χ0n) is 16.2. The number of esters is 1. The van der Waals surface area contributed by atoms with E-state index in [-0.39, 0.29) is 27.7 Å². The molecule has 8 nitrogen and oxygen atoms in total. The average Bonchev–Trinajstić information content (AvgIpc) is 3.28. The monoisotopic (exact) mass is 412 g/mol. The average molecular weight is 412 g/mol. The maximum Gasteiger partial charge on any atom is 0.341 e. The van der Waals surface area contributed by atoms with Crippen molar-refractivity contribution in [3.05, 3.63) is 57.6 Å². The van der Waals surface area contributed by atoms with Gasteiger partial charge in [-0.25, -0.2) is 4.79 Å². The van der Waals surface area contributed by atoms with E-state index in [1.54, 1.807) is 19.9 Å². The molecule has 29 heavy (non-hydrogen) atoms. The number of aryl methyl sites for hydroxylation is 1. The van der Waals surface area contributed by atoms with Crippen LogP contribution in [0.15, 0.2) is 30.3 Å². The molecule has 0 unspecified atom stereocenters. The number of rotatable bonds is 6. The van der Waals surface area contributed by atoms with Gasteiger partial charge >= 0.3 is 5.97 Å². The molecule has 0 bridgehead atoms. The van der Waals surface area contributed by atoms with Gasteiger partial charge in [0.15, 0.2) is 0 Å². The summed E-state index contributed by atoms with van der Waals surface area (Å²) in [5.41, 5.74) is 8.68. The highest BCUT2D eigenvalue weighted by molar-refractivity contribution is 7.18. The van der Waals surface area contributed by atoms with Gasteiger partial charge in [0.25, 0.3) is 11.8 Å². The molecule has 3 rings (SSSR count). The van der Waals surface area contributed by atoms with Crippen molar-refractivity contribution in [3.8, 4) is 11.3 Å². The minimum Gasteiger partial charge on any atom is -0.462 e. The molecular weight excluding hydrogens is 392 g/mol. The number of benzene rings is 1. The van der Waals surface area contributed by atoms with Crippen LogP contribution in [0.1, 0.15) is 48.6 Å². The van der Waals surface area contributed by atoms with Gasteiger partial charge in [0, 0.05) is 5.56 Å². The molecule has 4 N–H and O–H groups in total. The molecule has 9 heteroatoms. The summed E-state index contributed by atoms with van der Waals surface area (Å²) in [7, 11) is 0. The number of ether oxygens (including phenoxy) is 1. The van der Waals surface area contributed by atoms with E-state index in [1.807, 2.05) is 31.2 Å². The van der Waals surface area contributed by atoms with E-state index in [0.29, 0.717) is 11.3 Å². The van der Waals surface area contributed by atoms with Gasteiger partial charge in [-0.1, -0.05) is 29.8 Å². The second-order valence-electron chi connectivity index (χ2n) is 6.33. The summed E-state index contributed by atoms with van der Waals surface area (Å²) in [6, 6.07) is 9.34. The topological polar surface area (TPSA) is 127 Å². The van der Waals surface area contributed by atoms with Crippen molar-refractivity contribution in [2.24, 2.45) is 5.73 Å². The maximum atomic E-state index is 12.7. The maximum absolute atomic E-state index is 12.7. The van der Waals surface area contributed by atoms with E-state index < -0.39 is 17.8 Å². The highest BCUT2D eigenvalue weighted by atomic mass is 32.1. The van der Waals surface area contributed by atoms with Crippen molar-refractivity contribution >= 4 is 34.1 Å². The molecule has 2 amide bonds. The zero-order valence-corrected chi connectivity index (χ0v) is 17.0. The number of thiophene rings is 1. The molecule has 0 radical (unpaired) electrons. The number of anilines is 1. The first kappa shape index (κ1) is 20.3. The molecule has 2 aromatic heterocycles. The number of primary amides is 1. The lowest BCUT2D eigenvalue weighted by atomic mass is 10.1. The molecule has 0 saturated heterocycles. The first-order chi connectivity index (χ1) is 13.8. The van der Waals surface area contributed by atoms with E-state index in [2.05, 4.69) is 15.5 Å². The van der Waals surface area contributed by atoms with E-state index in [4.69, 9.17) is 10.5 Å². The van der Waals surface area contributed by atoms with Crippen LogP contribution in [0, 0.1) is 13.8 Å². The third-order valence-corrected chi connectivity index (χ3v) is 5.47. The quantitative estimate of drug-likeness (QED) is 0.535.